The molecule has 0 saturated heterocycles. The molecule has 0 radical (unpaired) electrons. The fraction of sp³-hybridized carbons (Fsp3) is 0.533. The highest BCUT2D eigenvalue weighted by molar-refractivity contribution is 6.18. The number of nitrogens with zero attached hydrogens (tertiary/aromatic N) is 1. The number of benzene rings is 1. The van der Waals surface area contributed by atoms with Gasteiger partial charge in [-0.25, -0.2) is 0 Å². The third-order valence-corrected chi connectivity index (χ3v) is 4.21. The van der Waals surface area contributed by atoms with Gasteiger partial charge in [0, 0.05) is 18.3 Å². The fourth-order valence-electron chi connectivity index (χ4n) is 2.47. The fourth-order valence-corrected chi connectivity index (χ4v) is 2.81. The lowest BCUT2D eigenvalue weighted by Crippen LogP contribution is -2.35. The number of halogens is 1. The molecule has 1 aromatic rings. The van der Waals surface area contributed by atoms with Crippen molar-refractivity contribution >= 4 is 17.5 Å². The van der Waals surface area contributed by atoms with Crippen LogP contribution < -0.4 is 0 Å². The van der Waals surface area contributed by atoms with E-state index < -0.39 is 0 Å². The number of hydrogen-bond donors (Lipinski definition) is 0. The van der Waals surface area contributed by atoms with Crippen molar-refractivity contribution in [2.75, 3.05) is 12.4 Å². The van der Waals surface area contributed by atoms with Gasteiger partial charge >= 0.3 is 0 Å². The molecule has 1 fully saturated rings. The van der Waals surface area contributed by atoms with Crippen LogP contribution in [0.5, 0.6) is 0 Å². The molecule has 98 valence electrons. The maximum Gasteiger partial charge on any atom is 0.226 e. The molecule has 3 heteroatoms. The van der Waals surface area contributed by atoms with Crippen LogP contribution in [-0.2, 0) is 4.79 Å². The van der Waals surface area contributed by atoms with Crippen molar-refractivity contribution in [1.29, 1.82) is 0 Å². The van der Waals surface area contributed by atoms with Crippen LogP contribution in [0.2, 0.25) is 0 Å². The van der Waals surface area contributed by atoms with Gasteiger partial charge in [0.1, 0.15) is 0 Å². The van der Waals surface area contributed by atoms with E-state index in [9.17, 15) is 4.79 Å². The van der Waals surface area contributed by atoms with Crippen molar-refractivity contribution in [2.45, 2.75) is 26.3 Å². The first-order valence-electron chi connectivity index (χ1n) is 6.60. The van der Waals surface area contributed by atoms with E-state index in [0.717, 1.165) is 13.0 Å². The minimum absolute atomic E-state index is 0.139. The van der Waals surface area contributed by atoms with Crippen molar-refractivity contribution in [2.24, 2.45) is 11.8 Å². The molecule has 0 heterocycles. The normalized spacial score (nSPS) is 23.5. The summed E-state index contributed by atoms with van der Waals surface area (Å²) in [4.78, 5) is 14.4. The van der Waals surface area contributed by atoms with Gasteiger partial charge < -0.3 is 4.90 Å². The molecule has 1 aliphatic rings. The zero-order valence-electron chi connectivity index (χ0n) is 11.0. The molecule has 2 nitrogen and oxygen atoms in total. The predicted octanol–water partition coefficient (Wildman–Crippen LogP) is 3.47. The SMILES string of the molecule is CCN(C(=O)C1CC1CCl)C(C)c1ccccc1. The molecule has 1 aromatic carbocycles. The summed E-state index contributed by atoms with van der Waals surface area (Å²) in [5.74, 6) is 1.43. The summed E-state index contributed by atoms with van der Waals surface area (Å²) in [6.07, 6.45) is 0.959. The van der Waals surface area contributed by atoms with E-state index >= 15 is 0 Å². The Balaban J connectivity index is 2.07. The van der Waals surface area contributed by atoms with Gasteiger partial charge in [-0.05, 0) is 31.7 Å². The minimum Gasteiger partial charge on any atom is -0.336 e. The number of alkyl halides is 1. The zero-order chi connectivity index (χ0) is 13.1. The van der Waals surface area contributed by atoms with Gasteiger partial charge in [-0.1, -0.05) is 30.3 Å². The summed E-state index contributed by atoms with van der Waals surface area (Å²) >= 11 is 5.81. The number of carbonyl (C=O) groups is 1. The molecule has 0 aromatic heterocycles. The topological polar surface area (TPSA) is 20.3 Å². The second kappa shape index (κ2) is 5.75. The Bertz CT molecular complexity index is 406. The highest BCUT2D eigenvalue weighted by Gasteiger charge is 2.44. The molecular formula is C15H20ClNO. The van der Waals surface area contributed by atoms with Gasteiger partial charge in [0.2, 0.25) is 5.91 Å². The standard InChI is InChI=1S/C15H20ClNO/c1-3-17(15(18)14-9-13(14)10-16)11(2)12-7-5-4-6-8-12/h4-8,11,13-14H,3,9-10H2,1-2H3. The molecule has 2 rings (SSSR count). The molecule has 3 unspecified atom stereocenters. The molecule has 0 spiro atoms. The lowest BCUT2D eigenvalue weighted by Gasteiger charge is -2.28. The van der Waals surface area contributed by atoms with Gasteiger partial charge in [0.25, 0.3) is 0 Å². The first-order chi connectivity index (χ1) is 8.69. The van der Waals surface area contributed by atoms with Crippen LogP contribution >= 0.6 is 11.6 Å². The largest absolute Gasteiger partial charge is 0.336 e. The van der Waals surface area contributed by atoms with E-state index in [1.54, 1.807) is 0 Å². The molecule has 18 heavy (non-hydrogen) atoms. The maximum absolute atomic E-state index is 12.4. The Labute approximate surface area is 114 Å². The van der Waals surface area contributed by atoms with Gasteiger partial charge in [-0.3, -0.25) is 4.79 Å². The molecular weight excluding hydrogens is 246 g/mol. The van der Waals surface area contributed by atoms with Crippen LogP contribution in [0.3, 0.4) is 0 Å². The van der Waals surface area contributed by atoms with E-state index in [-0.39, 0.29) is 17.9 Å². The lowest BCUT2D eigenvalue weighted by molar-refractivity contribution is -0.134. The van der Waals surface area contributed by atoms with E-state index in [1.807, 2.05) is 30.0 Å². The summed E-state index contributed by atoms with van der Waals surface area (Å²) in [6.45, 7) is 4.88. The average molecular weight is 266 g/mol. The summed E-state index contributed by atoms with van der Waals surface area (Å²) < 4.78 is 0. The monoisotopic (exact) mass is 265 g/mol. The maximum atomic E-state index is 12.4. The molecule has 1 aliphatic carbocycles. The van der Waals surface area contributed by atoms with Crippen molar-refractivity contribution < 1.29 is 4.79 Å². The number of amides is 1. The first-order valence-corrected chi connectivity index (χ1v) is 7.13. The third-order valence-electron chi connectivity index (χ3n) is 3.81. The number of hydrogen-bond acceptors (Lipinski definition) is 1. The predicted molar refractivity (Wildman–Crippen MR) is 74.6 cm³/mol. The summed E-state index contributed by atoms with van der Waals surface area (Å²) in [5, 5.41) is 0. The van der Waals surface area contributed by atoms with Crippen molar-refractivity contribution in [3.63, 3.8) is 0 Å². The number of rotatable bonds is 5. The summed E-state index contributed by atoms with van der Waals surface area (Å²) in [6, 6.07) is 10.3. The Hall–Kier alpha value is -1.02. The van der Waals surface area contributed by atoms with Crippen molar-refractivity contribution in [3.8, 4) is 0 Å². The van der Waals surface area contributed by atoms with Crippen LogP contribution in [0.25, 0.3) is 0 Å². The highest BCUT2D eigenvalue weighted by atomic mass is 35.5. The van der Waals surface area contributed by atoms with Crippen molar-refractivity contribution in [1.82, 2.24) is 4.90 Å². The van der Waals surface area contributed by atoms with E-state index in [4.69, 9.17) is 11.6 Å². The molecule has 1 saturated carbocycles. The summed E-state index contributed by atoms with van der Waals surface area (Å²) in [7, 11) is 0. The van der Waals surface area contributed by atoms with Crippen LogP contribution in [0.4, 0.5) is 0 Å². The van der Waals surface area contributed by atoms with Gasteiger partial charge in [-0.2, -0.15) is 0 Å². The first kappa shape index (κ1) is 13.4. The van der Waals surface area contributed by atoms with Crippen molar-refractivity contribution in [3.05, 3.63) is 35.9 Å². The van der Waals surface area contributed by atoms with E-state index in [2.05, 4.69) is 19.1 Å². The second-order valence-corrected chi connectivity index (χ2v) is 5.28. The second-order valence-electron chi connectivity index (χ2n) is 4.97. The Kier molecular flexibility index (Phi) is 4.28. The minimum atomic E-state index is 0.139. The lowest BCUT2D eigenvalue weighted by atomic mass is 10.1. The molecule has 0 aliphatic heterocycles. The van der Waals surface area contributed by atoms with Gasteiger partial charge in [-0.15, -0.1) is 11.6 Å². The van der Waals surface area contributed by atoms with Gasteiger partial charge in [0.05, 0.1) is 6.04 Å². The van der Waals surface area contributed by atoms with Gasteiger partial charge in [0.15, 0.2) is 0 Å². The average Bonchev–Trinajstić information content (AvgIpc) is 3.19. The summed E-state index contributed by atoms with van der Waals surface area (Å²) in [5.41, 5.74) is 1.19. The third kappa shape index (κ3) is 2.69. The molecule has 1 amide bonds. The van der Waals surface area contributed by atoms with Crippen LogP contribution in [0.15, 0.2) is 30.3 Å². The Morgan fingerprint density at radius 2 is 2.11 bits per heavy atom. The van der Waals surface area contributed by atoms with Crippen LogP contribution in [-0.4, -0.2) is 23.2 Å². The molecule has 0 N–H and O–H groups in total. The van der Waals surface area contributed by atoms with E-state index in [1.165, 1.54) is 5.56 Å². The zero-order valence-corrected chi connectivity index (χ0v) is 11.7. The van der Waals surface area contributed by atoms with E-state index in [0.29, 0.717) is 11.8 Å². The molecule has 0 bridgehead atoms. The Morgan fingerprint density at radius 1 is 1.44 bits per heavy atom. The van der Waals surface area contributed by atoms with Crippen LogP contribution in [0.1, 0.15) is 31.9 Å². The smallest absolute Gasteiger partial charge is 0.226 e. The highest BCUT2D eigenvalue weighted by Crippen LogP contribution is 2.41. The quantitative estimate of drug-likeness (QED) is 0.747. The van der Waals surface area contributed by atoms with Crippen LogP contribution in [0, 0.1) is 11.8 Å². The number of carbonyl (C=O) groups excluding carboxylic acids is 1. The molecule has 3 atom stereocenters. The Morgan fingerprint density at radius 3 is 2.61 bits per heavy atom.